The summed E-state index contributed by atoms with van der Waals surface area (Å²) in [7, 11) is 0. The van der Waals surface area contributed by atoms with Crippen LogP contribution in [0.5, 0.6) is 0 Å². The molecule has 1 saturated heterocycles. The Labute approximate surface area is 85.4 Å². The van der Waals surface area contributed by atoms with Crippen LogP contribution in [-0.2, 0) is 4.74 Å². The highest BCUT2D eigenvalue weighted by molar-refractivity contribution is 5.09. The van der Waals surface area contributed by atoms with Crippen molar-refractivity contribution in [2.24, 2.45) is 11.8 Å². The van der Waals surface area contributed by atoms with Crippen LogP contribution in [0.1, 0.15) is 26.2 Å². The summed E-state index contributed by atoms with van der Waals surface area (Å²) < 4.78 is 5.34. The number of nitrogens with one attached hydrogen (secondary N) is 1. The van der Waals surface area contributed by atoms with E-state index in [0.29, 0.717) is 5.92 Å². The van der Waals surface area contributed by atoms with Crippen molar-refractivity contribution in [3.63, 3.8) is 0 Å². The first kappa shape index (κ1) is 9.95. The van der Waals surface area contributed by atoms with Crippen LogP contribution in [0, 0.1) is 23.2 Å². The van der Waals surface area contributed by atoms with Gasteiger partial charge in [-0.1, -0.05) is 0 Å². The van der Waals surface area contributed by atoms with Gasteiger partial charge < -0.3 is 4.74 Å². The monoisotopic (exact) mass is 194 g/mol. The van der Waals surface area contributed by atoms with E-state index >= 15 is 0 Å². The van der Waals surface area contributed by atoms with E-state index in [1.807, 2.05) is 6.92 Å². The zero-order chi connectivity index (χ0) is 10.0. The van der Waals surface area contributed by atoms with Gasteiger partial charge in [0.2, 0.25) is 0 Å². The highest BCUT2D eigenvalue weighted by Crippen LogP contribution is 2.30. The maximum atomic E-state index is 9.21. The zero-order valence-electron chi connectivity index (χ0n) is 8.75. The molecular formula is C11H18N2O. The van der Waals surface area contributed by atoms with E-state index in [1.54, 1.807) is 0 Å². The summed E-state index contributed by atoms with van der Waals surface area (Å²) in [5.74, 6) is 1.19. The third-order valence-electron chi connectivity index (χ3n) is 3.43. The maximum absolute atomic E-state index is 9.21. The average Bonchev–Trinajstić information content (AvgIpc) is 2.87. The molecule has 0 amide bonds. The molecule has 0 radical (unpaired) electrons. The number of ether oxygens (including phenoxy) is 1. The minimum atomic E-state index is -0.376. The molecule has 1 saturated carbocycles. The normalized spacial score (nSPS) is 31.0. The Kier molecular flexibility index (Phi) is 2.76. The van der Waals surface area contributed by atoms with Gasteiger partial charge in [0.05, 0.1) is 12.7 Å². The second-order valence-corrected chi connectivity index (χ2v) is 4.70. The fraction of sp³-hybridized carbons (Fsp3) is 0.909. The van der Waals surface area contributed by atoms with Crippen LogP contribution in [0.3, 0.4) is 0 Å². The lowest BCUT2D eigenvalue weighted by Gasteiger charge is -2.28. The summed E-state index contributed by atoms with van der Waals surface area (Å²) in [4.78, 5) is 0. The van der Waals surface area contributed by atoms with Crippen LogP contribution in [0.2, 0.25) is 0 Å². The molecule has 0 aromatic heterocycles. The number of nitrogens with zero attached hydrogens (tertiary/aromatic N) is 1. The zero-order valence-corrected chi connectivity index (χ0v) is 8.75. The van der Waals surface area contributed by atoms with Crippen molar-refractivity contribution in [2.45, 2.75) is 31.7 Å². The molecule has 1 aliphatic heterocycles. The second kappa shape index (κ2) is 3.88. The molecule has 1 heterocycles. The second-order valence-electron chi connectivity index (χ2n) is 4.70. The van der Waals surface area contributed by atoms with E-state index < -0.39 is 0 Å². The van der Waals surface area contributed by atoms with E-state index in [9.17, 15) is 5.26 Å². The number of nitriles is 1. The lowest BCUT2D eigenvalue weighted by Crippen LogP contribution is -2.48. The van der Waals surface area contributed by atoms with Crippen molar-refractivity contribution >= 4 is 0 Å². The molecule has 78 valence electrons. The quantitative estimate of drug-likeness (QED) is 0.733. The summed E-state index contributed by atoms with van der Waals surface area (Å²) in [5, 5.41) is 12.6. The number of hydrogen-bond acceptors (Lipinski definition) is 3. The molecule has 1 aliphatic carbocycles. The Morgan fingerprint density at radius 3 is 2.79 bits per heavy atom. The van der Waals surface area contributed by atoms with E-state index in [2.05, 4.69) is 11.4 Å². The molecular weight excluding hydrogens is 176 g/mol. The van der Waals surface area contributed by atoms with Crippen molar-refractivity contribution in [1.29, 1.82) is 5.26 Å². The van der Waals surface area contributed by atoms with E-state index in [4.69, 9.17) is 4.74 Å². The van der Waals surface area contributed by atoms with Crippen LogP contribution in [-0.4, -0.2) is 25.3 Å². The van der Waals surface area contributed by atoms with Gasteiger partial charge in [0.25, 0.3) is 0 Å². The Bertz CT molecular complexity index is 238. The van der Waals surface area contributed by atoms with Gasteiger partial charge in [0.1, 0.15) is 5.54 Å². The molecule has 0 spiro atoms. The standard InChI is InChI=1S/C11H18N2O/c1-11(8-12,10-4-5-14-7-10)13-6-9-2-3-9/h9-10,13H,2-7H2,1H3. The smallest absolute Gasteiger partial charge is 0.109 e. The van der Waals surface area contributed by atoms with Crippen molar-refractivity contribution in [2.75, 3.05) is 19.8 Å². The Hall–Kier alpha value is -0.590. The van der Waals surface area contributed by atoms with Gasteiger partial charge in [0.15, 0.2) is 0 Å². The third-order valence-corrected chi connectivity index (χ3v) is 3.43. The molecule has 2 rings (SSSR count). The number of hydrogen-bond donors (Lipinski definition) is 1. The van der Waals surface area contributed by atoms with E-state index in [1.165, 1.54) is 12.8 Å². The molecule has 2 atom stereocenters. The predicted octanol–water partition coefficient (Wildman–Crippen LogP) is 1.30. The van der Waals surface area contributed by atoms with Crippen LogP contribution >= 0.6 is 0 Å². The van der Waals surface area contributed by atoms with Gasteiger partial charge in [-0.15, -0.1) is 0 Å². The van der Waals surface area contributed by atoms with Crippen molar-refractivity contribution in [1.82, 2.24) is 5.32 Å². The lowest BCUT2D eigenvalue weighted by molar-refractivity contribution is 0.168. The third kappa shape index (κ3) is 2.08. The summed E-state index contributed by atoms with van der Waals surface area (Å²) in [6.45, 7) is 4.56. The minimum Gasteiger partial charge on any atom is -0.381 e. The first-order valence-electron chi connectivity index (χ1n) is 5.48. The lowest BCUT2D eigenvalue weighted by atomic mass is 9.86. The topological polar surface area (TPSA) is 45.0 Å². The molecule has 14 heavy (non-hydrogen) atoms. The summed E-state index contributed by atoms with van der Waals surface area (Å²) >= 11 is 0. The Morgan fingerprint density at radius 1 is 1.50 bits per heavy atom. The van der Waals surface area contributed by atoms with Crippen LogP contribution in [0.15, 0.2) is 0 Å². The summed E-state index contributed by atoms with van der Waals surface area (Å²) in [6, 6.07) is 2.41. The molecule has 0 aromatic carbocycles. The van der Waals surface area contributed by atoms with Gasteiger partial charge in [-0.05, 0) is 38.6 Å². The summed E-state index contributed by atoms with van der Waals surface area (Å²) in [6.07, 6.45) is 3.67. The SMILES string of the molecule is CC(C#N)(NCC1CC1)C1CCOC1. The van der Waals surface area contributed by atoms with Gasteiger partial charge in [0, 0.05) is 12.5 Å². The first-order valence-corrected chi connectivity index (χ1v) is 5.48. The first-order chi connectivity index (χ1) is 6.74. The van der Waals surface area contributed by atoms with Gasteiger partial charge in [-0.2, -0.15) is 5.26 Å². The van der Waals surface area contributed by atoms with Crippen LogP contribution in [0.4, 0.5) is 0 Å². The van der Waals surface area contributed by atoms with Gasteiger partial charge >= 0.3 is 0 Å². The molecule has 0 aromatic rings. The predicted molar refractivity (Wildman–Crippen MR) is 53.7 cm³/mol. The van der Waals surface area contributed by atoms with Gasteiger partial charge in [-0.25, -0.2) is 0 Å². The van der Waals surface area contributed by atoms with Crippen LogP contribution in [0.25, 0.3) is 0 Å². The average molecular weight is 194 g/mol. The largest absolute Gasteiger partial charge is 0.381 e. The van der Waals surface area contributed by atoms with Crippen molar-refractivity contribution in [3.05, 3.63) is 0 Å². The highest BCUT2D eigenvalue weighted by Gasteiger charge is 2.37. The summed E-state index contributed by atoms with van der Waals surface area (Å²) in [5.41, 5.74) is -0.376. The van der Waals surface area contributed by atoms with Gasteiger partial charge in [-0.3, -0.25) is 5.32 Å². The van der Waals surface area contributed by atoms with E-state index in [0.717, 1.165) is 32.1 Å². The Morgan fingerprint density at radius 2 is 2.29 bits per heavy atom. The maximum Gasteiger partial charge on any atom is 0.109 e. The Balaban J connectivity index is 1.89. The molecule has 2 aliphatic rings. The molecule has 0 bridgehead atoms. The molecule has 2 fully saturated rings. The van der Waals surface area contributed by atoms with E-state index in [-0.39, 0.29) is 5.54 Å². The molecule has 3 heteroatoms. The van der Waals surface area contributed by atoms with Crippen LogP contribution < -0.4 is 5.32 Å². The molecule has 1 N–H and O–H groups in total. The van der Waals surface area contributed by atoms with Crippen molar-refractivity contribution in [3.8, 4) is 6.07 Å². The molecule has 2 unspecified atom stereocenters. The fourth-order valence-corrected chi connectivity index (χ4v) is 1.94. The van der Waals surface area contributed by atoms with Crippen molar-refractivity contribution < 1.29 is 4.74 Å². The minimum absolute atomic E-state index is 0.367. The fourth-order valence-electron chi connectivity index (χ4n) is 1.94. The molecule has 3 nitrogen and oxygen atoms in total. The highest BCUT2D eigenvalue weighted by atomic mass is 16.5. The number of rotatable bonds is 4.